The van der Waals surface area contributed by atoms with Crippen LogP contribution in [0.1, 0.15) is 19.1 Å². The van der Waals surface area contributed by atoms with Gasteiger partial charge in [0, 0.05) is 0 Å². The van der Waals surface area contributed by atoms with E-state index in [4.69, 9.17) is 4.74 Å². The van der Waals surface area contributed by atoms with Gasteiger partial charge < -0.3 is 30.1 Å². The number of nitrogens with zero attached hydrogens (tertiary/aromatic N) is 3. The normalized spacial score (nSPS) is 28.0. The van der Waals surface area contributed by atoms with Gasteiger partial charge in [0.1, 0.15) is 18.3 Å². The topological polar surface area (TPSA) is 226 Å². The Balaban J connectivity index is 1.39. The van der Waals surface area contributed by atoms with Gasteiger partial charge in [0.25, 0.3) is 11.5 Å². The van der Waals surface area contributed by atoms with Crippen molar-refractivity contribution in [2.24, 2.45) is 5.92 Å². The molecule has 15 nitrogen and oxygen atoms in total. The van der Waals surface area contributed by atoms with E-state index in [2.05, 4.69) is 19.1 Å². The van der Waals surface area contributed by atoms with Gasteiger partial charge >= 0.3 is 10.3 Å². The third-order valence-corrected chi connectivity index (χ3v) is 6.18. The van der Waals surface area contributed by atoms with Crippen molar-refractivity contribution in [3.05, 3.63) is 23.0 Å². The van der Waals surface area contributed by atoms with E-state index in [-0.39, 0.29) is 17.1 Å². The molecule has 2 fully saturated rings. The lowest BCUT2D eigenvalue weighted by Gasteiger charge is -2.18. The van der Waals surface area contributed by atoms with E-state index < -0.39 is 65.1 Å². The number of amides is 1. The smallest absolute Gasteiger partial charge is 0.362 e. The maximum absolute atomic E-state index is 12.0. The van der Waals surface area contributed by atoms with Gasteiger partial charge in [-0.3, -0.25) is 18.3 Å². The minimum absolute atomic E-state index is 0.0327. The van der Waals surface area contributed by atoms with Gasteiger partial charge in [-0.15, -0.1) is 0 Å². The molecule has 4 rings (SSSR count). The first-order valence-corrected chi connectivity index (χ1v) is 11.0. The van der Waals surface area contributed by atoms with E-state index in [1.54, 1.807) is 0 Å². The first kappa shape index (κ1) is 22.7. The zero-order chi connectivity index (χ0) is 23.2. The van der Waals surface area contributed by atoms with Crippen LogP contribution in [0, 0.1) is 5.92 Å². The molecule has 6 atom stereocenters. The summed E-state index contributed by atoms with van der Waals surface area (Å²) in [4.78, 5) is 33.8. The summed E-state index contributed by atoms with van der Waals surface area (Å²) in [5.74, 6) is -1.64. The lowest BCUT2D eigenvalue weighted by molar-refractivity contribution is -0.134. The molecular formula is C16H21N5O10S. The molecule has 32 heavy (non-hydrogen) atoms. The van der Waals surface area contributed by atoms with E-state index >= 15 is 0 Å². The van der Waals surface area contributed by atoms with Gasteiger partial charge in [0.05, 0.1) is 25.4 Å². The molecule has 0 unspecified atom stereocenters. The van der Waals surface area contributed by atoms with Crippen LogP contribution in [-0.4, -0.2) is 91.4 Å². The molecule has 3 heterocycles. The summed E-state index contributed by atoms with van der Waals surface area (Å²) < 4.78 is 36.8. The maximum Gasteiger partial charge on any atom is 0.362 e. The van der Waals surface area contributed by atoms with Gasteiger partial charge in [0.15, 0.2) is 23.5 Å². The Kier molecular flexibility index (Phi) is 6.01. The third kappa shape index (κ3) is 4.38. The van der Waals surface area contributed by atoms with Crippen molar-refractivity contribution in [1.82, 2.24) is 24.2 Å². The second kappa shape index (κ2) is 8.47. The average molecular weight is 475 g/mol. The molecule has 0 radical (unpaired) electrons. The summed E-state index contributed by atoms with van der Waals surface area (Å²) >= 11 is 0. The summed E-state index contributed by atoms with van der Waals surface area (Å²) in [6, 6.07) is 0. The zero-order valence-corrected chi connectivity index (χ0v) is 17.1. The summed E-state index contributed by atoms with van der Waals surface area (Å²) in [5.41, 5.74) is -0.498. The highest BCUT2D eigenvalue weighted by molar-refractivity contribution is 7.85. The number of rotatable bonds is 8. The number of aliphatic hydroxyl groups excluding tert-OH is 4. The average Bonchev–Trinajstić information content (AvgIpc) is 3.45. The first-order valence-electron chi connectivity index (χ1n) is 9.58. The predicted octanol–water partition coefficient (Wildman–Crippen LogP) is -3.75. The number of ether oxygens (including phenoxy) is 1. The third-order valence-electron chi connectivity index (χ3n) is 5.29. The molecule has 6 N–H and O–H groups in total. The van der Waals surface area contributed by atoms with Gasteiger partial charge in [-0.25, -0.2) is 14.7 Å². The van der Waals surface area contributed by atoms with E-state index in [1.165, 1.54) is 15.6 Å². The Labute approximate surface area is 179 Å². The minimum Gasteiger partial charge on any atom is -0.390 e. The van der Waals surface area contributed by atoms with Crippen LogP contribution < -0.4 is 10.3 Å². The van der Waals surface area contributed by atoms with Crippen molar-refractivity contribution >= 4 is 27.4 Å². The molecule has 0 spiro atoms. The molecule has 1 aliphatic heterocycles. The number of hydrogen-bond acceptors (Lipinski definition) is 12. The van der Waals surface area contributed by atoms with E-state index in [0.717, 1.165) is 6.33 Å². The molecule has 0 aromatic carbocycles. The Hall–Kier alpha value is -2.47. The minimum atomic E-state index is -4.72. The molecular weight excluding hydrogens is 454 g/mol. The Bertz CT molecular complexity index is 1160. The van der Waals surface area contributed by atoms with E-state index in [0.29, 0.717) is 12.8 Å². The van der Waals surface area contributed by atoms with Gasteiger partial charge in [-0.2, -0.15) is 8.42 Å². The summed E-state index contributed by atoms with van der Waals surface area (Å²) in [6.45, 7) is -0.792. The fourth-order valence-corrected chi connectivity index (χ4v) is 4.11. The lowest BCUT2D eigenvalue weighted by atomic mass is 10.1. The second-order valence-electron chi connectivity index (χ2n) is 7.58. The number of imidazole rings is 1. The van der Waals surface area contributed by atoms with Crippen LogP contribution in [0.15, 0.2) is 17.4 Å². The number of aliphatic hydroxyl groups is 4. The highest BCUT2D eigenvalue weighted by Crippen LogP contribution is 2.34. The van der Waals surface area contributed by atoms with Gasteiger partial charge in [0.2, 0.25) is 0 Å². The van der Waals surface area contributed by atoms with Crippen LogP contribution in [-0.2, 0) is 24.0 Å². The predicted molar refractivity (Wildman–Crippen MR) is 102 cm³/mol. The summed E-state index contributed by atoms with van der Waals surface area (Å²) in [7, 11) is -4.72. The van der Waals surface area contributed by atoms with Crippen molar-refractivity contribution < 1.29 is 42.6 Å². The zero-order valence-electron chi connectivity index (χ0n) is 16.3. The molecule has 2 aromatic rings. The number of hydrogen-bond donors (Lipinski definition) is 6. The largest absolute Gasteiger partial charge is 0.390 e. The fraction of sp³-hybridized carbons (Fsp3) is 0.625. The molecule has 2 aliphatic rings. The molecule has 1 aliphatic carbocycles. The summed E-state index contributed by atoms with van der Waals surface area (Å²) in [5, 5.41) is 40.0. The molecule has 1 saturated carbocycles. The quantitative estimate of drug-likeness (QED) is 0.216. The monoisotopic (exact) mass is 475 g/mol. The van der Waals surface area contributed by atoms with Crippen LogP contribution in [0.5, 0.6) is 0 Å². The van der Waals surface area contributed by atoms with Gasteiger partial charge in [-0.1, -0.05) is 0 Å². The second-order valence-corrected chi connectivity index (χ2v) is 8.93. The standard InChI is InChI=1S/C16H21N5O10S/c22-9(6-1-2-6)11(24)15(27)20-32(28,29)30-3-7-10(23)12(25)16(31-7)21-5-19-8-13(21)17-4-18-14(8)26/h4-7,9-12,16,22-25H,1-3H2,(H,20,27)(H,17,18,26)/t7-,9-,10-,11+,12-,16-/m1/s1. The van der Waals surface area contributed by atoms with Crippen LogP contribution in [0.25, 0.3) is 11.2 Å². The Morgan fingerprint density at radius 1 is 1.31 bits per heavy atom. The number of fused-ring (bicyclic) bond motifs is 1. The number of aromatic amines is 1. The maximum atomic E-state index is 12.0. The SMILES string of the molecule is O=C(NS(=O)(=O)OC[C@H]1O[C@@H](n2cnc3c(=O)[nH]cnc32)[C@H](O)[C@@H]1O)[C@@H](O)[C@H](O)C1CC1. The number of carbonyl (C=O) groups is 1. The van der Waals surface area contributed by atoms with Crippen LogP contribution >= 0.6 is 0 Å². The van der Waals surface area contributed by atoms with Crippen LogP contribution in [0.2, 0.25) is 0 Å². The number of H-pyrrole nitrogens is 1. The molecule has 2 aromatic heterocycles. The van der Waals surface area contributed by atoms with Crippen molar-refractivity contribution in [2.75, 3.05) is 6.61 Å². The highest BCUT2D eigenvalue weighted by atomic mass is 32.2. The van der Waals surface area contributed by atoms with Crippen molar-refractivity contribution in [2.45, 2.75) is 49.6 Å². The van der Waals surface area contributed by atoms with E-state index in [1.807, 2.05) is 0 Å². The highest BCUT2D eigenvalue weighted by Gasteiger charge is 2.45. The van der Waals surface area contributed by atoms with Crippen molar-refractivity contribution in [3.63, 3.8) is 0 Å². The lowest BCUT2D eigenvalue weighted by Crippen LogP contribution is -2.46. The molecule has 0 bridgehead atoms. The van der Waals surface area contributed by atoms with Crippen LogP contribution in [0.3, 0.4) is 0 Å². The number of nitrogens with one attached hydrogen (secondary N) is 2. The number of carbonyl (C=O) groups excluding carboxylic acids is 1. The molecule has 1 saturated heterocycles. The fourth-order valence-electron chi connectivity index (χ4n) is 3.37. The van der Waals surface area contributed by atoms with Crippen LogP contribution in [0.4, 0.5) is 0 Å². The van der Waals surface area contributed by atoms with Crippen molar-refractivity contribution in [1.29, 1.82) is 0 Å². The first-order chi connectivity index (χ1) is 15.1. The van der Waals surface area contributed by atoms with E-state index in [9.17, 15) is 38.4 Å². The summed E-state index contributed by atoms with van der Waals surface area (Å²) in [6.07, 6.45) is -5.57. The van der Waals surface area contributed by atoms with Gasteiger partial charge in [-0.05, 0) is 18.8 Å². The number of aromatic nitrogens is 4. The van der Waals surface area contributed by atoms with Crippen molar-refractivity contribution in [3.8, 4) is 0 Å². The Morgan fingerprint density at radius 3 is 2.72 bits per heavy atom. The molecule has 1 amide bonds. The Morgan fingerprint density at radius 2 is 2.03 bits per heavy atom. The molecule has 176 valence electrons. The molecule has 16 heteroatoms.